The van der Waals surface area contributed by atoms with Crippen molar-refractivity contribution in [2.45, 2.75) is 41.0 Å². The second-order valence-electron chi connectivity index (χ2n) is 1.96. The predicted octanol–water partition coefficient (Wildman–Crippen LogP) is 3.55. The summed E-state index contributed by atoms with van der Waals surface area (Å²) in [5.41, 5.74) is 0. The van der Waals surface area contributed by atoms with Gasteiger partial charge in [0.25, 0.3) is 0 Å². The van der Waals surface area contributed by atoms with E-state index < -0.39 is 5.91 Å². The quantitative estimate of drug-likeness (QED) is 0.417. The summed E-state index contributed by atoms with van der Waals surface area (Å²) in [6, 6.07) is 0. The molecule has 0 aliphatic carbocycles. The number of hydrogen-bond acceptors (Lipinski definition) is 2. The molecular formula is C15H26NO2W-3. The Labute approximate surface area is 133 Å². The molecule has 19 heavy (non-hydrogen) atoms. The Morgan fingerprint density at radius 1 is 1.32 bits per heavy atom. The number of rotatable bonds is 4. The zero-order valence-electron chi connectivity index (χ0n) is 12.7. The summed E-state index contributed by atoms with van der Waals surface area (Å²) in [7, 11) is 0. The van der Waals surface area contributed by atoms with Gasteiger partial charge in [-0.25, -0.2) is 0 Å². The largest absolute Gasteiger partial charge is 0.464 e. The fourth-order valence-corrected chi connectivity index (χ4v) is 0.339. The molecule has 112 valence electrons. The van der Waals surface area contributed by atoms with Crippen molar-refractivity contribution in [2.75, 3.05) is 0 Å². The predicted molar refractivity (Wildman–Crippen MR) is 79.3 cm³/mol. The molecule has 0 saturated carbocycles. The van der Waals surface area contributed by atoms with Gasteiger partial charge in [-0.1, -0.05) is 34.6 Å². The van der Waals surface area contributed by atoms with Crippen molar-refractivity contribution in [3.05, 3.63) is 43.9 Å². The summed E-state index contributed by atoms with van der Waals surface area (Å²) in [4.78, 5) is 19.3. The molecule has 0 aliphatic heterocycles. The van der Waals surface area contributed by atoms with Crippen molar-refractivity contribution < 1.29 is 30.7 Å². The van der Waals surface area contributed by atoms with Crippen LogP contribution in [0.3, 0.4) is 0 Å². The van der Waals surface area contributed by atoms with Crippen molar-refractivity contribution in [2.24, 2.45) is 0 Å². The summed E-state index contributed by atoms with van der Waals surface area (Å²) in [6.45, 7) is 16.6. The molecule has 1 N–H and O–H groups in total. The van der Waals surface area contributed by atoms with Crippen LogP contribution in [0.1, 0.15) is 41.0 Å². The molecule has 0 rings (SSSR count). The monoisotopic (exact) mass is 436 g/mol. The van der Waals surface area contributed by atoms with Gasteiger partial charge in [0.15, 0.2) is 0 Å². The zero-order valence-corrected chi connectivity index (χ0v) is 15.6. The van der Waals surface area contributed by atoms with Crippen LogP contribution in [0.5, 0.6) is 0 Å². The number of imide groups is 1. The smallest absolute Gasteiger partial charge is 0.0713 e. The third-order valence-corrected chi connectivity index (χ3v) is 0.920. The molecule has 0 saturated heterocycles. The van der Waals surface area contributed by atoms with Gasteiger partial charge in [0.1, 0.15) is 0 Å². The van der Waals surface area contributed by atoms with E-state index in [9.17, 15) is 9.59 Å². The summed E-state index contributed by atoms with van der Waals surface area (Å²) < 4.78 is 0. The van der Waals surface area contributed by atoms with Crippen molar-refractivity contribution in [1.82, 2.24) is 5.32 Å². The molecule has 0 aliphatic rings. The van der Waals surface area contributed by atoms with Crippen molar-refractivity contribution >= 4 is 12.3 Å². The Hall–Kier alpha value is -0.952. The first-order chi connectivity index (χ1) is 8.72. The topological polar surface area (TPSA) is 46.2 Å². The van der Waals surface area contributed by atoms with Gasteiger partial charge in [-0.05, 0) is 0 Å². The molecule has 0 heterocycles. The van der Waals surface area contributed by atoms with E-state index in [4.69, 9.17) is 0 Å². The fourth-order valence-electron chi connectivity index (χ4n) is 0.339. The van der Waals surface area contributed by atoms with Gasteiger partial charge in [0.2, 0.25) is 0 Å². The van der Waals surface area contributed by atoms with Gasteiger partial charge in [0.05, 0.1) is 6.41 Å². The molecule has 0 aromatic rings. The first kappa shape index (κ1) is 30.8. The van der Waals surface area contributed by atoms with Crippen LogP contribution in [0.2, 0.25) is 0 Å². The maximum atomic E-state index is 9.98. The van der Waals surface area contributed by atoms with E-state index in [1.165, 1.54) is 6.41 Å². The fraction of sp³-hybridized carbons (Fsp3) is 0.400. The Morgan fingerprint density at radius 3 is 2.00 bits per heavy atom. The minimum Gasteiger partial charge on any atom is -0.464 e. The maximum Gasteiger partial charge on any atom is 0.0713 e. The first-order valence-corrected chi connectivity index (χ1v) is 5.99. The van der Waals surface area contributed by atoms with Gasteiger partial charge in [-0.15, -0.1) is 6.08 Å². The zero-order chi connectivity index (χ0) is 15.2. The molecule has 0 bridgehead atoms. The van der Waals surface area contributed by atoms with Crippen LogP contribution in [-0.2, 0) is 30.7 Å². The second-order valence-corrected chi connectivity index (χ2v) is 1.96. The molecule has 0 aromatic heterocycles. The van der Waals surface area contributed by atoms with Crippen molar-refractivity contribution in [3.8, 4) is 0 Å². The van der Waals surface area contributed by atoms with Crippen LogP contribution in [-0.4, -0.2) is 12.3 Å². The van der Waals surface area contributed by atoms with E-state index in [0.717, 1.165) is 0 Å². The Kier molecular flexibility index (Phi) is 70.5. The van der Waals surface area contributed by atoms with E-state index in [-0.39, 0.29) is 27.5 Å². The van der Waals surface area contributed by atoms with Gasteiger partial charge in [0, 0.05) is 27.0 Å². The number of carbonyl (C=O) groups excluding carboxylic acids is 2. The number of nitrogens with one attached hydrogen (secondary N) is 1. The van der Waals surface area contributed by atoms with E-state index in [1.807, 2.05) is 52.8 Å². The maximum absolute atomic E-state index is 9.98. The molecular weight excluding hydrogens is 410 g/mol. The Bertz CT molecular complexity index is 224. The molecule has 0 radical (unpaired) electrons. The second kappa shape index (κ2) is 43.5. The standard InChI is InChI=1S/C7H9.C4H5NO2.2C2H6.W/c1-3-5-7-6-4-2;1-2-4(7)5-3-6;2*1-2;/h3-4,6-7H,1H2,2H3;1-2H2,(H,5,6,7);2*1-2H3;/q-1;-2;;;/b6-4-;;;;. The van der Waals surface area contributed by atoms with Crippen LogP contribution in [0.25, 0.3) is 0 Å². The molecule has 4 heteroatoms. The molecule has 3 nitrogen and oxygen atoms in total. The van der Waals surface area contributed by atoms with E-state index in [1.54, 1.807) is 11.4 Å². The average molecular weight is 436 g/mol. The van der Waals surface area contributed by atoms with Crippen LogP contribution in [0, 0.1) is 13.0 Å². The SMILES string of the molecule is C=C[C-]=C/C=C\C.CC.CC.[CH2-]CC(=O)N[C-]=O.[W]. The summed E-state index contributed by atoms with van der Waals surface area (Å²) >= 11 is 0. The summed E-state index contributed by atoms with van der Waals surface area (Å²) in [5.74, 6) is -0.407. The number of allylic oxidation sites excluding steroid dienone is 5. The number of hydrogen-bond donors (Lipinski definition) is 1. The van der Waals surface area contributed by atoms with Crippen molar-refractivity contribution in [3.63, 3.8) is 0 Å². The average Bonchev–Trinajstić information content (AvgIpc) is 2.45. The molecule has 0 atom stereocenters. The van der Waals surface area contributed by atoms with Crippen LogP contribution in [0.4, 0.5) is 0 Å². The molecule has 0 fully saturated rings. The molecule has 2 amide bonds. The molecule has 0 spiro atoms. The van der Waals surface area contributed by atoms with E-state index in [0.29, 0.717) is 0 Å². The van der Waals surface area contributed by atoms with Crippen LogP contribution < -0.4 is 5.32 Å². The molecule has 0 unspecified atom stereocenters. The minimum absolute atomic E-state index is 0. The third-order valence-electron chi connectivity index (χ3n) is 0.920. The van der Waals surface area contributed by atoms with Gasteiger partial charge >= 0.3 is 0 Å². The Balaban J connectivity index is -0.0000000522. The summed E-state index contributed by atoms with van der Waals surface area (Å²) in [6.07, 6.45) is 11.4. The minimum atomic E-state index is -0.407. The summed E-state index contributed by atoms with van der Waals surface area (Å²) in [5, 5.41) is 1.79. The van der Waals surface area contributed by atoms with Crippen molar-refractivity contribution in [1.29, 1.82) is 0 Å². The van der Waals surface area contributed by atoms with Gasteiger partial charge in [-0.2, -0.15) is 37.3 Å². The third kappa shape index (κ3) is 59.6. The number of amides is 2. The van der Waals surface area contributed by atoms with Crippen LogP contribution in [0.15, 0.2) is 30.9 Å². The van der Waals surface area contributed by atoms with Crippen LogP contribution >= 0.6 is 0 Å². The normalized spacial score (nSPS) is 7.47. The number of carbonyl (C=O) groups is 1. The van der Waals surface area contributed by atoms with E-state index >= 15 is 0 Å². The molecule has 0 aromatic carbocycles. The first-order valence-electron chi connectivity index (χ1n) is 5.99. The van der Waals surface area contributed by atoms with Gasteiger partial charge in [-0.3, -0.25) is 0 Å². The van der Waals surface area contributed by atoms with E-state index in [2.05, 4.69) is 19.6 Å². The van der Waals surface area contributed by atoms with Gasteiger partial charge < -0.3 is 21.8 Å². The Morgan fingerprint density at radius 2 is 1.79 bits per heavy atom.